The molecule has 0 spiro atoms. The predicted octanol–water partition coefficient (Wildman–Crippen LogP) is 1.79. The molecular weight excluding hydrogens is 142 g/mol. The predicted molar refractivity (Wildman–Crippen MR) is 41.6 cm³/mol. The van der Waals surface area contributed by atoms with Crippen LogP contribution in [0.4, 0.5) is 0 Å². The van der Waals surface area contributed by atoms with Crippen LogP contribution in [-0.4, -0.2) is 9.67 Å². The number of fused-ring (bicyclic) bond motifs is 1. The largest absolute Gasteiger partial charge is 0.492 e. The first-order valence-electron chi connectivity index (χ1n) is 3.42. The summed E-state index contributed by atoms with van der Waals surface area (Å²) in [6.07, 6.45) is 3.49. The molecule has 1 N–H and O–H groups in total. The third-order valence-electron chi connectivity index (χ3n) is 1.88. The van der Waals surface area contributed by atoms with Crippen LogP contribution in [0.2, 0.25) is 0 Å². The molecule has 0 saturated heterocycles. The van der Waals surface area contributed by atoms with Crippen molar-refractivity contribution in [3.8, 4) is 5.88 Å². The average Bonchev–Trinajstić information content (AvgIpc) is 2.43. The van der Waals surface area contributed by atoms with E-state index in [-0.39, 0.29) is 5.88 Å². The van der Waals surface area contributed by atoms with Crippen LogP contribution in [0.15, 0.2) is 16.9 Å². The Labute approximate surface area is 63.9 Å². The molecule has 0 unspecified atom stereocenters. The number of hydrogen-bond acceptors (Lipinski definition) is 2. The van der Waals surface area contributed by atoms with Gasteiger partial charge in [0, 0.05) is 18.6 Å². The first kappa shape index (κ1) is 6.34. The summed E-state index contributed by atoms with van der Waals surface area (Å²) in [5, 5.41) is 10.4. The van der Waals surface area contributed by atoms with Gasteiger partial charge in [0.2, 0.25) is 5.88 Å². The van der Waals surface area contributed by atoms with Gasteiger partial charge in [0.1, 0.15) is 0 Å². The van der Waals surface area contributed by atoms with Gasteiger partial charge < -0.3 is 14.1 Å². The number of nitrogens with zero attached hydrogens (tertiary/aromatic N) is 1. The number of aromatic nitrogens is 1. The summed E-state index contributed by atoms with van der Waals surface area (Å²) in [6.45, 7) is 1.95. The molecular formula is C8H9NO2. The quantitative estimate of drug-likeness (QED) is 0.623. The molecule has 2 aromatic rings. The molecule has 0 bridgehead atoms. The van der Waals surface area contributed by atoms with E-state index in [1.54, 1.807) is 17.9 Å². The number of furan rings is 1. The molecule has 0 amide bonds. The lowest BCUT2D eigenvalue weighted by atomic mass is 10.3. The van der Waals surface area contributed by atoms with E-state index in [9.17, 15) is 5.11 Å². The van der Waals surface area contributed by atoms with Gasteiger partial charge in [-0.2, -0.15) is 0 Å². The molecule has 2 rings (SSSR count). The Kier molecular flexibility index (Phi) is 1.04. The fourth-order valence-corrected chi connectivity index (χ4v) is 1.20. The molecule has 0 fully saturated rings. The second kappa shape index (κ2) is 1.81. The normalized spacial score (nSPS) is 11.1. The van der Waals surface area contributed by atoms with E-state index < -0.39 is 0 Å². The third kappa shape index (κ3) is 0.677. The molecule has 0 aliphatic heterocycles. The van der Waals surface area contributed by atoms with Gasteiger partial charge in [-0.15, -0.1) is 0 Å². The van der Waals surface area contributed by atoms with Crippen LogP contribution in [0.5, 0.6) is 5.88 Å². The minimum Gasteiger partial charge on any atom is -0.492 e. The Morgan fingerprint density at radius 3 is 2.91 bits per heavy atom. The molecule has 0 aliphatic rings. The Bertz CT molecular complexity index is 397. The fraction of sp³-hybridized carbons (Fsp3) is 0.250. The second-order valence-corrected chi connectivity index (χ2v) is 2.73. The Morgan fingerprint density at radius 2 is 2.27 bits per heavy atom. The van der Waals surface area contributed by atoms with Crippen molar-refractivity contribution in [2.75, 3.05) is 0 Å². The van der Waals surface area contributed by atoms with Crippen molar-refractivity contribution in [3.63, 3.8) is 0 Å². The van der Waals surface area contributed by atoms with E-state index in [1.807, 2.05) is 13.1 Å². The van der Waals surface area contributed by atoms with E-state index in [0.717, 1.165) is 10.9 Å². The van der Waals surface area contributed by atoms with Crippen molar-refractivity contribution in [1.82, 2.24) is 4.57 Å². The van der Waals surface area contributed by atoms with E-state index in [1.165, 1.54) is 0 Å². The molecule has 2 aromatic heterocycles. The highest BCUT2D eigenvalue weighted by atomic mass is 16.4. The van der Waals surface area contributed by atoms with Crippen molar-refractivity contribution in [2.24, 2.45) is 7.05 Å². The zero-order chi connectivity index (χ0) is 8.01. The van der Waals surface area contributed by atoms with Gasteiger partial charge in [0.25, 0.3) is 0 Å². The number of aryl methyl sites for hydroxylation is 2. The summed E-state index contributed by atoms with van der Waals surface area (Å²) in [4.78, 5) is 0. The summed E-state index contributed by atoms with van der Waals surface area (Å²) in [5.41, 5.74) is 1.63. The van der Waals surface area contributed by atoms with Crippen LogP contribution in [0.25, 0.3) is 11.0 Å². The Hall–Kier alpha value is -1.38. The van der Waals surface area contributed by atoms with Crippen molar-refractivity contribution < 1.29 is 9.52 Å². The molecule has 2 heterocycles. The van der Waals surface area contributed by atoms with E-state index in [4.69, 9.17) is 4.42 Å². The fourth-order valence-electron chi connectivity index (χ4n) is 1.20. The lowest BCUT2D eigenvalue weighted by Crippen LogP contribution is -1.80. The maximum Gasteiger partial charge on any atom is 0.235 e. The zero-order valence-electron chi connectivity index (χ0n) is 6.46. The molecule has 0 atom stereocenters. The molecule has 0 radical (unpaired) electrons. The van der Waals surface area contributed by atoms with Gasteiger partial charge >= 0.3 is 0 Å². The van der Waals surface area contributed by atoms with Crippen LogP contribution in [0.3, 0.4) is 0 Å². The van der Waals surface area contributed by atoms with Crippen LogP contribution >= 0.6 is 0 Å². The zero-order valence-corrected chi connectivity index (χ0v) is 6.46. The smallest absolute Gasteiger partial charge is 0.235 e. The van der Waals surface area contributed by atoms with Gasteiger partial charge in [0.15, 0.2) is 5.58 Å². The molecule has 0 aromatic carbocycles. The summed E-state index contributed by atoms with van der Waals surface area (Å²) < 4.78 is 6.77. The third-order valence-corrected chi connectivity index (χ3v) is 1.88. The molecule has 0 aliphatic carbocycles. The van der Waals surface area contributed by atoms with Gasteiger partial charge in [-0.3, -0.25) is 0 Å². The van der Waals surface area contributed by atoms with Crippen LogP contribution < -0.4 is 0 Å². The Balaban J connectivity index is 2.93. The van der Waals surface area contributed by atoms with Crippen molar-refractivity contribution in [3.05, 3.63) is 18.0 Å². The van der Waals surface area contributed by atoms with Crippen LogP contribution in [0, 0.1) is 6.92 Å². The molecule has 3 nitrogen and oxygen atoms in total. The first-order chi connectivity index (χ1) is 5.20. The van der Waals surface area contributed by atoms with E-state index in [2.05, 4.69) is 0 Å². The highest BCUT2D eigenvalue weighted by Gasteiger charge is 2.10. The Morgan fingerprint density at radius 1 is 1.55 bits per heavy atom. The number of hydrogen-bond donors (Lipinski definition) is 1. The SMILES string of the molecule is Cc1coc2c(O)n(C)cc12. The summed E-state index contributed by atoms with van der Waals surface area (Å²) in [6, 6.07) is 0. The van der Waals surface area contributed by atoms with Crippen molar-refractivity contribution >= 4 is 11.0 Å². The van der Waals surface area contributed by atoms with Crippen molar-refractivity contribution in [1.29, 1.82) is 0 Å². The number of rotatable bonds is 0. The van der Waals surface area contributed by atoms with Gasteiger partial charge in [-0.25, -0.2) is 0 Å². The monoisotopic (exact) mass is 151 g/mol. The summed E-state index contributed by atoms with van der Waals surface area (Å²) in [5.74, 6) is 0.188. The highest BCUT2D eigenvalue weighted by Crippen LogP contribution is 2.29. The topological polar surface area (TPSA) is 38.3 Å². The lowest BCUT2D eigenvalue weighted by molar-refractivity contribution is 0.424. The minimum atomic E-state index is 0.188. The standard InChI is InChI=1S/C8H9NO2/c1-5-4-11-7-6(5)3-9(2)8(7)10/h3-4,10H,1-2H3. The summed E-state index contributed by atoms with van der Waals surface area (Å²) in [7, 11) is 1.78. The van der Waals surface area contributed by atoms with Crippen LogP contribution in [-0.2, 0) is 7.05 Å². The highest BCUT2D eigenvalue weighted by molar-refractivity contribution is 5.85. The van der Waals surface area contributed by atoms with Crippen LogP contribution in [0.1, 0.15) is 5.56 Å². The van der Waals surface area contributed by atoms with Gasteiger partial charge in [-0.05, 0) is 12.5 Å². The van der Waals surface area contributed by atoms with Gasteiger partial charge in [-0.1, -0.05) is 0 Å². The van der Waals surface area contributed by atoms with E-state index >= 15 is 0 Å². The average molecular weight is 151 g/mol. The first-order valence-corrected chi connectivity index (χ1v) is 3.42. The lowest BCUT2D eigenvalue weighted by Gasteiger charge is -1.90. The summed E-state index contributed by atoms with van der Waals surface area (Å²) >= 11 is 0. The number of aromatic hydroxyl groups is 1. The molecule has 3 heteroatoms. The minimum absolute atomic E-state index is 0.188. The molecule has 11 heavy (non-hydrogen) atoms. The molecule has 0 saturated carbocycles. The van der Waals surface area contributed by atoms with Crippen molar-refractivity contribution in [2.45, 2.75) is 6.92 Å². The molecule has 58 valence electrons. The second-order valence-electron chi connectivity index (χ2n) is 2.73. The maximum atomic E-state index is 9.38. The van der Waals surface area contributed by atoms with E-state index in [0.29, 0.717) is 5.58 Å². The maximum absolute atomic E-state index is 9.38. The van der Waals surface area contributed by atoms with Gasteiger partial charge in [0.05, 0.1) is 6.26 Å².